The van der Waals surface area contributed by atoms with E-state index in [1.807, 2.05) is 0 Å². The van der Waals surface area contributed by atoms with Gasteiger partial charge in [-0.05, 0) is 31.6 Å². The Kier molecular flexibility index (Phi) is 15.0. The molecule has 0 aliphatic rings. The summed E-state index contributed by atoms with van der Waals surface area (Å²) in [6, 6.07) is 0. The molecule has 0 aromatic heterocycles. The number of hydrogen-bond acceptors (Lipinski definition) is 1. The number of carbonyl (C=O) groups is 1. The van der Waals surface area contributed by atoms with Crippen molar-refractivity contribution in [1.29, 1.82) is 0 Å². The van der Waals surface area contributed by atoms with E-state index in [0.29, 0.717) is 12.3 Å². The zero-order chi connectivity index (χ0) is 14.2. The number of hydrogen-bond donors (Lipinski definition) is 0. The lowest BCUT2D eigenvalue weighted by Gasteiger charge is -2.03. The van der Waals surface area contributed by atoms with Crippen molar-refractivity contribution in [2.24, 2.45) is 5.92 Å². The molecular weight excluding hydrogens is 232 g/mol. The summed E-state index contributed by atoms with van der Waals surface area (Å²) < 4.78 is 0. The summed E-state index contributed by atoms with van der Waals surface area (Å²) in [5, 5.41) is 0. The lowest BCUT2D eigenvalue weighted by atomic mass is 10.0. The van der Waals surface area contributed by atoms with Crippen LogP contribution in [0.2, 0.25) is 0 Å². The smallest absolute Gasteiger partial charge is 0.120 e. The number of carbonyl (C=O) groups excluding carboxylic acids is 1. The zero-order valence-electron chi connectivity index (χ0n) is 13.2. The molecule has 0 radical (unpaired) electrons. The summed E-state index contributed by atoms with van der Waals surface area (Å²) in [6.45, 7) is 4.42. The van der Waals surface area contributed by atoms with E-state index in [-0.39, 0.29) is 0 Å². The predicted octanol–water partition coefficient (Wildman–Crippen LogP) is 6.08. The van der Waals surface area contributed by atoms with Gasteiger partial charge in [0.05, 0.1) is 0 Å². The largest absolute Gasteiger partial charge is 0.303 e. The first-order chi connectivity index (χ1) is 9.31. The molecule has 1 nitrogen and oxygen atoms in total. The third-order valence-electron chi connectivity index (χ3n) is 3.72. The maximum absolute atomic E-state index is 10.3. The molecule has 19 heavy (non-hydrogen) atoms. The van der Waals surface area contributed by atoms with E-state index in [1.165, 1.54) is 57.8 Å². The van der Waals surface area contributed by atoms with Crippen LogP contribution in [0.3, 0.4) is 0 Å². The van der Waals surface area contributed by atoms with E-state index >= 15 is 0 Å². The Morgan fingerprint density at radius 3 is 2.05 bits per heavy atom. The molecule has 0 saturated heterocycles. The molecule has 0 fully saturated rings. The van der Waals surface area contributed by atoms with Crippen molar-refractivity contribution in [3.05, 3.63) is 12.2 Å². The van der Waals surface area contributed by atoms with Gasteiger partial charge in [-0.1, -0.05) is 70.9 Å². The Balaban J connectivity index is 3.14. The van der Waals surface area contributed by atoms with E-state index < -0.39 is 0 Å². The lowest BCUT2D eigenvalue weighted by Crippen LogP contribution is -1.93. The van der Waals surface area contributed by atoms with Gasteiger partial charge in [0.1, 0.15) is 6.29 Å². The van der Waals surface area contributed by atoms with Crippen LogP contribution in [0.4, 0.5) is 0 Å². The van der Waals surface area contributed by atoms with Gasteiger partial charge in [0.25, 0.3) is 0 Å². The molecule has 0 aliphatic heterocycles. The van der Waals surface area contributed by atoms with E-state index in [0.717, 1.165) is 19.1 Å². The Hall–Kier alpha value is -0.590. The average molecular weight is 266 g/mol. The number of rotatable bonds is 14. The fourth-order valence-electron chi connectivity index (χ4n) is 2.29. The van der Waals surface area contributed by atoms with Crippen molar-refractivity contribution in [1.82, 2.24) is 0 Å². The van der Waals surface area contributed by atoms with Crippen LogP contribution in [0.15, 0.2) is 12.2 Å². The third-order valence-corrected chi connectivity index (χ3v) is 3.72. The summed E-state index contributed by atoms with van der Waals surface area (Å²) in [7, 11) is 0. The normalized spacial score (nSPS) is 12.9. The number of allylic oxidation sites excluding steroid dienone is 2. The fourth-order valence-corrected chi connectivity index (χ4v) is 2.29. The number of aldehydes is 1. The lowest BCUT2D eigenvalue weighted by molar-refractivity contribution is -0.108. The van der Waals surface area contributed by atoms with Crippen LogP contribution in [0.1, 0.15) is 90.9 Å². The molecule has 112 valence electrons. The molecule has 0 amide bonds. The van der Waals surface area contributed by atoms with Gasteiger partial charge in [-0.15, -0.1) is 0 Å². The van der Waals surface area contributed by atoms with Crippen LogP contribution in [0.25, 0.3) is 0 Å². The van der Waals surface area contributed by atoms with Crippen molar-refractivity contribution in [2.75, 3.05) is 0 Å². The first-order valence-electron chi connectivity index (χ1n) is 8.39. The Labute approximate surface area is 120 Å². The Morgan fingerprint density at radius 2 is 1.42 bits per heavy atom. The molecular formula is C18H34O. The van der Waals surface area contributed by atoms with Crippen molar-refractivity contribution < 1.29 is 4.79 Å². The van der Waals surface area contributed by atoms with Gasteiger partial charge in [-0.2, -0.15) is 0 Å². The van der Waals surface area contributed by atoms with Gasteiger partial charge in [0.2, 0.25) is 0 Å². The number of unbranched alkanes of at least 4 members (excludes halogenated alkanes) is 8. The molecule has 0 aliphatic carbocycles. The highest BCUT2D eigenvalue weighted by molar-refractivity contribution is 5.49. The summed E-state index contributed by atoms with van der Waals surface area (Å²) >= 11 is 0. The van der Waals surface area contributed by atoms with E-state index in [9.17, 15) is 4.79 Å². The monoisotopic (exact) mass is 266 g/mol. The minimum atomic E-state index is 0.547. The second-order valence-corrected chi connectivity index (χ2v) is 5.82. The summed E-state index contributed by atoms with van der Waals surface area (Å²) in [5.74, 6) is 0.547. The molecule has 0 heterocycles. The molecule has 0 N–H and O–H groups in total. The summed E-state index contributed by atoms with van der Waals surface area (Å²) in [5.41, 5.74) is 0. The molecule has 0 aromatic rings. The highest BCUT2D eigenvalue weighted by Crippen LogP contribution is 2.11. The highest BCUT2D eigenvalue weighted by atomic mass is 16.1. The molecule has 0 unspecified atom stereocenters. The van der Waals surface area contributed by atoms with Crippen LogP contribution >= 0.6 is 0 Å². The van der Waals surface area contributed by atoms with Gasteiger partial charge >= 0.3 is 0 Å². The Morgan fingerprint density at radius 1 is 0.842 bits per heavy atom. The molecule has 0 rings (SSSR count). The van der Waals surface area contributed by atoms with Gasteiger partial charge in [-0.3, -0.25) is 0 Å². The van der Waals surface area contributed by atoms with Crippen molar-refractivity contribution in [2.45, 2.75) is 90.9 Å². The van der Waals surface area contributed by atoms with Gasteiger partial charge in [0.15, 0.2) is 0 Å². The molecule has 1 atom stereocenters. The quantitative estimate of drug-likeness (QED) is 0.211. The Bertz CT molecular complexity index is 208. The van der Waals surface area contributed by atoms with E-state index in [2.05, 4.69) is 26.0 Å². The minimum absolute atomic E-state index is 0.547. The second-order valence-electron chi connectivity index (χ2n) is 5.82. The standard InChI is InChI=1S/C18H34O/c1-3-4-5-6-7-8-9-10-11-12-13-14-15-18(2)16-17-19/h12-13,17-18H,3-11,14-16H2,1-2H3/t18-/m0/s1. The van der Waals surface area contributed by atoms with Crippen LogP contribution in [-0.4, -0.2) is 6.29 Å². The van der Waals surface area contributed by atoms with Gasteiger partial charge in [0, 0.05) is 6.42 Å². The van der Waals surface area contributed by atoms with Crippen molar-refractivity contribution >= 4 is 6.29 Å². The van der Waals surface area contributed by atoms with Crippen LogP contribution < -0.4 is 0 Å². The average Bonchev–Trinajstić information content (AvgIpc) is 2.40. The first kappa shape index (κ1) is 18.4. The first-order valence-corrected chi connectivity index (χ1v) is 8.39. The summed E-state index contributed by atoms with van der Waals surface area (Å²) in [4.78, 5) is 10.3. The third kappa shape index (κ3) is 15.4. The van der Waals surface area contributed by atoms with Gasteiger partial charge in [-0.25, -0.2) is 0 Å². The topological polar surface area (TPSA) is 17.1 Å². The summed E-state index contributed by atoms with van der Waals surface area (Å²) in [6.07, 6.45) is 21.0. The minimum Gasteiger partial charge on any atom is -0.303 e. The molecule has 0 bridgehead atoms. The molecule has 1 heteroatoms. The molecule has 0 saturated carbocycles. The van der Waals surface area contributed by atoms with Crippen molar-refractivity contribution in [3.8, 4) is 0 Å². The maximum atomic E-state index is 10.3. The molecule has 0 aromatic carbocycles. The molecule has 0 spiro atoms. The SMILES string of the molecule is CCCCCCCCCCC=CCC[C@H](C)CC=O. The maximum Gasteiger partial charge on any atom is 0.120 e. The van der Waals surface area contributed by atoms with Gasteiger partial charge < -0.3 is 4.79 Å². The highest BCUT2D eigenvalue weighted by Gasteiger charge is 1.98. The zero-order valence-corrected chi connectivity index (χ0v) is 13.2. The van der Waals surface area contributed by atoms with E-state index in [1.54, 1.807) is 0 Å². The van der Waals surface area contributed by atoms with Crippen LogP contribution in [-0.2, 0) is 4.79 Å². The second kappa shape index (κ2) is 15.5. The fraction of sp³-hybridized carbons (Fsp3) is 0.833. The van der Waals surface area contributed by atoms with E-state index in [4.69, 9.17) is 0 Å². The van der Waals surface area contributed by atoms with Crippen LogP contribution in [0.5, 0.6) is 0 Å². The van der Waals surface area contributed by atoms with Crippen LogP contribution in [0, 0.1) is 5.92 Å². The van der Waals surface area contributed by atoms with Crippen molar-refractivity contribution in [3.63, 3.8) is 0 Å². The predicted molar refractivity (Wildman–Crippen MR) is 85.4 cm³/mol.